The third kappa shape index (κ3) is 3.90. The zero-order chi connectivity index (χ0) is 18.6. The zero-order valence-corrected chi connectivity index (χ0v) is 15.3. The van der Waals surface area contributed by atoms with E-state index in [1.165, 1.54) is 12.7 Å². The molecule has 1 amide bonds. The van der Waals surface area contributed by atoms with E-state index in [0.717, 1.165) is 25.2 Å². The van der Waals surface area contributed by atoms with Crippen molar-refractivity contribution >= 4 is 29.0 Å². The largest absolute Gasteiger partial charge is 0.356 e. The van der Waals surface area contributed by atoms with Gasteiger partial charge >= 0.3 is 0 Å². The van der Waals surface area contributed by atoms with Gasteiger partial charge in [0.05, 0.1) is 16.6 Å². The second kappa shape index (κ2) is 7.71. The van der Waals surface area contributed by atoms with E-state index in [1.807, 2.05) is 18.2 Å². The minimum absolute atomic E-state index is 0.0293. The van der Waals surface area contributed by atoms with Crippen molar-refractivity contribution in [3.05, 3.63) is 54.3 Å². The van der Waals surface area contributed by atoms with E-state index in [0.29, 0.717) is 23.1 Å². The third-order valence-corrected chi connectivity index (χ3v) is 4.87. The summed E-state index contributed by atoms with van der Waals surface area (Å²) in [5.74, 6) is 1.24. The molecule has 27 heavy (non-hydrogen) atoms. The number of nitrogens with zero attached hydrogens (tertiary/aromatic N) is 6. The summed E-state index contributed by atoms with van der Waals surface area (Å²) in [5.41, 5.74) is 0.636. The molecule has 4 rings (SSSR count). The van der Waals surface area contributed by atoms with Gasteiger partial charge in [-0.3, -0.25) is 4.79 Å². The highest BCUT2D eigenvalue weighted by Crippen LogP contribution is 2.25. The number of hydrogen-bond acceptors (Lipinski definition) is 6. The predicted octanol–water partition coefficient (Wildman–Crippen LogP) is 2.57. The lowest BCUT2D eigenvalue weighted by Gasteiger charge is -2.32. The van der Waals surface area contributed by atoms with E-state index in [9.17, 15) is 4.79 Å². The van der Waals surface area contributed by atoms with Crippen molar-refractivity contribution in [2.75, 3.05) is 23.3 Å². The maximum atomic E-state index is 12.7. The third-order valence-electron chi connectivity index (χ3n) is 4.54. The number of amides is 1. The first-order valence-corrected chi connectivity index (χ1v) is 9.06. The smallest absolute Gasteiger partial charge is 0.229 e. The Bertz CT molecular complexity index is 931. The fourth-order valence-corrected chi connectivity index (χ4v) is 3.34. The molecular formula is C18H18ClN7O. The number of carbonyl (C=O) groups is 1. The van der Waals surface area contributed by atoms with E-state index < -0.39 is 0 Å². The van der Waals surface area contributed by atoms with Crippen molar-refractivity contribution < 1.29 is 4.79 Å². The fraction of sp³-hybridized carbons (Fsp3) is 0.278. The summed E-state index contributed by atoms with van der Waals surface area (Å²) in [7, 11) is 0. The van der Waals surface area contributed by atoms with Crippen LogP contribution in [0.25, 0.3) is 5.82 Å². The Kier molecular flexibility index (Phi) is 4.97. The average molecular weight is 384 g/mol. The summed E-state index contributed by atoms with van der Waals surface area (Å²) < 4.78 is 1.58. The van der Waals surface area contributed by atoms with Crippen molar-refractivity contribution in [3.63, 3.8) is 0 Å². The first-order valence-electron chi connectivity index (χ1n) is 8.68. The highest BCUT2D eigenvalue weighted by atomic mass is 35.5. The standard InChI is InChI=1S/C18H18ClN7O/c19-14-5-1-2-6-15(14)24-18(27)13-4-3-7-25(9-13)16-8-17(22-11-21-16)26-12-20-10-23-26/h1-2,5-6,8,10-13H,3-4,7,9H2,(H,24,27). The minimum atomic E-state index is -0.139. The Balaban J connectivity index is 1.47. The summed E-state index contributed by atoms with van der Waals surface area (Å²) in [6.45, 7) is 1.42. The van der Waals surface area contributed by atoms with Gasteiger partial charge in [-0.2, -0.15) is 5.10 Å². The van der Waals surface area contributed by atoms with E-state index >= 15 is 0 Å². The van der Waals surface area contributed by atoms with E-state index in [-0.39, 0.29) is 11.8 Å². The van der Waals surface area contributed by atoms with Crippen molar-refractivity contribution in [2.45, 2.75) is 12.8 Å². The maximum absolute atomic E-state index is 12.7. The minimum Gasteiger partial charge on any atom is -0.356 e. The molecule has 0 spiro atoms. The van der Waals surface area contributed by atoms with Gasteiger partial charge in [0, 0.05) is 19.2 Å². The van der Waals surface area contributed by atoms with Gasteiger partial charge in [-0.05, 0) is 25.0 Å². The molecule has 1 aliphatic rings. The molecule has 1 aromatic carbocycles. The highest BCUT2D eigenvalue weighted by molar-refractivity contribution is 6.33. The lowest BCUT2D eigenvalue weighted by atomic mass is 9.97. The van der Waals surface area contributed by atoms with Gasteiger partial charge in [0.15, 0.2) is 5.82 Å². The van der Waals surface area contributed by atoms with E-state index in [1.54, 1.807) is 23.1 Å². The molecule has 1 fully saturated rings. The van der Waals surface area contributed by atoms with Crippen LogP contribution in [-0.2, 0) is 4.79 Å². The number of anilines is 2. The predicted molar refractivity (Wildman–Crippen MR) is 102 cm³/mol. The molecule has 1 N–H and O–H groups in total. The van der Waals surface area contributed by atoms with Gasteiger partial charge in [-0.25, -0.2) is 19.6 Å². The van der Waals surface area contributed by atoms with E-state index in [4.69, 9.17) is 11.6 Å². The quantitative estimate of drug-likeness (QED) is 0.744. The molecule has 0 bridgehead atoms. The number of aromatic nitrogens is 5. The zero-order valence-electron chi connectivity index (χ0n) is 14.5. The summed E-state index contributed by atoms with van der Waals surface area (Å²) >= 11 is 6.14. The molecule has 1 unspecified atom stereocenters. The first kappa shape index (κ1) is 17.4. The number of para-hydroxylation sites is 1. The molecular weight excluding hydrogens is 366 g/mol. The first-order chi connectivity index (χ1) is 13.2. The van der Waals surface area contributed by atoms with Crippen LogP contribution in [0.5, 0.6) is 0 Å². The number of nitrogens with one attached hydrogen (secondary N) is 1. The molecule has 8 nitrogen and oxygen atoms in total. The van der Waals surface area contributed by atoms with Gasteiger partial charge in [0.2, 0.25) is 5.91 Å². The number of carbonyl (C=O) groups excluding carboxylic acids is 1. The lowest BCUT2D eigenvalue weighted by molar-refractivity contribution is -0.120. The fourth-order valence-electron chi connectivity index (χ4n) is 3.16. The van der Waals surface area contributed by atoms with Crippen LogP contribution in [0.4, 0.5) is 11.5 Å². The highest BCUT2D eigenvalue weighted by Gasteiger charge is 2.27. The van der Waals surface area contributed by atoms with Crippen molar-refractivity contribution in [1.29, 1.82) is 0 Å². The summed E-state index contributed by atoms with van der Waals surface area (Å²) in [6.07, 6.45) is 6.27. The monoisotopic (exact) mass is 383 g/mol. The number of hydrogen-bond donors (Lipinski definition) is 1. The Morgan fingerprint density at radius 3 is 2.85 bits per heavy atom. The maximum Gasteiger partial charge on any atom is 0.229 e. The number of benzene rings is 1. The van der Waals surface area contributed by atoms with Crippen molar-refractivity contribution in [3.8, 4) is 5.82 Å². The average Bonchev–Trinajstić information content (AvgIpc) is 3.25. The molecule has 3 heterocycles. The number of halogens is 1. The lowest BCUT2D eigenvalue weighted by Crippen LogP contribution is -2.41. The van der Waals surface area contributed by atoms with Gasteiger partial charge in [-0.1, -0.05) is 23.7 Å². The van der Waals surface area contributed by atoms with Crippen molar-refractivity contribution in [2.24, 2.45) is 5.92 Å². The molecule has 0 radical (unpaired) electrons. The van der Waals surface area contributed by atoms with Crippen LogP contribution in [0.1, 0.15) is 12.8 Å². The van der Waals surface area contributed by atoms with Gasteiger partial charge in [-0.15, -0.1) is 0 Å². The Morgan fingerprint density at radius 2 is 2.04 bits per heavy atom. The molecule has 0 aliphatic carbocycles. The van der Waals surface area contributed by atoms with Gasteiger partial charge in [0.1, 0.15) is 24.8 Å². The number of rotatable bonds is 4. The normalized spacial score (nSPS) is 16.9. The Morgan fingerprint density at radius 1 is 1.19 bits per heavy atom. The van der Waals surface area contributed by atoms with Crippen LogP contribution in [0, 0.1) is 5.92 Å². The molecule has 138 valence electrons. The van der Waals surface area contributed by atoms with Crippen LogP contribution in [0.2, 0.25) is 5.02 Å². The Hall–Kier alpha value is -3.00. The van der Waals surface area contributed by atoms with Crippen LogP contribution in [0.3, 0.4) is 0 Å². The van der Waals surface area contributed by atoms with Crippen LogP contribution in [-0.4, -0.2) is 43.7 Å². The summed E-state index contributed by atoms with van der Waals surface area (Å²) in [5, 5.41) is 7.56. The SMILES string of the molecule is O=C(Nc1ccccc1Cl)C1CCCN(c2cc(-n3cncn3)ncn2)C1. The van der Waals surface area contributed by atoms with Crippen LogP contribution in [0.15, 0.2) is 49.3 Å². The van der Waals surface area contributed by atoms with Crippen LogP contribution < -0.4 is 10.2 Å². The van der Waals surface area contributed by atoms with Gasteiger partial charge < -0.3 is 10.2 Å². The van der Waals surface area contributed by atoms with E-state index in [2.05, 4.69) is 30.3 Å². The Labute approximate surface area is 161 Å². The topological polar surface area (TPSA) is 88.8 Å². The molecule has 3 aromatic rings. The molecule has 2 aromatic heterocycles. The second-order valence-electron chi connectivity index (χ2n) is 6.33. The van der Waals surface area contributed by atoms with Gasteiger partial charge in [0.25, 0.3) is 0 Å². The molecule has 1 aliphatic heterocycles. The summed E-state index contributed by atoms with van der Waals surface area (Å²) in [4.78, 5) is 27.3. The molecule has 9 heteroatoms. The number of piperidine rings is 1. The van der Waals surface area contributed by atoms with Crippen molar-refractivity contribution in [1.82, 2.24) is 24.7 Å². The molecule has 0 saturated carbocycles. The molecule has 1 saturated heterocycles. The molecule has 1 atom stereocenters. The second-order valence-corrected chi connectivity index (χ2v) is 6.74. The van der Waals surface area contributed by atoms with Crippen LogP contribution >= 0.6 is 11.6 Å². The summed E-state index contributed by atoms with van der Waals surface area (Å²) in [6, 6.07) is 9.10.